The second-order valence-electron chi connectivity index (χ2n) is 7.07. The highest BCUT2D eigenvalue weighted by Gasteiger charge is 2.44. The minimum absolute atomic E-state index is 0.149. The standard InChI is InChI=1S/C17H32N4O7/c22-10-6-9-21-19-18-8-5-3-1-2-4-7-17(11-14(23)24,12-15(25)26)20(21)13-16(27)28/h18-19,22H,1-13H2,(H,23,24)(H,25,26)(H,27,28). The highest BCUT2D eigenvalue weighted by atomic mass is 16.4. The van der Waals surface area contributed by atoms with Crippen LogP contribution in [0.15, 0.2) is 0 Å². The molecular formula is C17H32N4O7. The van der Waals surface area contributed by atoms with Crippen molar-refractivity contribution in [1.29, 1.82) is 0 Å². The molecule has 0 saturated carbocycles. The van der Waals surface area contributed by atoms with Crippen LogP contribution in [0.2, 0.25) is 0 Å². The second kappa shape index (κ2) is 12.6. The van der Waals surface area contributed by atoms with Gasteiger partial charge >= 0.3 is 17.9 Å². The molecule has 1 saturated heterocycles. The SMILES string of the molecule is O=C(O)CN1N(CCCO)NNCCCCCCCC1(CC(=O)O)CC(=O)O. The van der Waals surface area contributed by atoms with Gasteiger partial charge in [-0.05, 0) is 19.3 Å². The molecule has 0 aliphatic carbocycles. The van der Waals surface area contributed by atoms with Crippen molar-refractivity contribution in [3.8, 4) is 0 Å². The number of carboxylic acids is 3. The molecule has 1 fully saturated rings. The molecule has 162 valence electrons. The van der Waals surface area contributed by atoms with Gasteiger partial charge < -0.3 is 20.4 Å². The predicted molar refractivity (Wildman–Crippen MR) is 98.8 cm³/mol. The molecule has 11 heteroatoms. The third kappa shape index (κ3) is 8.48. The molecular weight excluding hydrogens is 372 g/mol. The van der Waals surface area contributed by atoms with Gasteiger partial charge in [0.15, 0.2) is 0 Å². The van der Waals surface area contributed by atoms with Crippen LogP contribution in [0.3, 0.4) is 0 Å². The molecule has 1 aliphatic rings. The van der Waals surface area contributed by atoms with E-state index in [0.29, 0.717) is 19.4 Å². The summed E-state index contributed by atoms with van der Waals surface area (Å²) in [5.74, 6) is -3.60. The van der Waals surface area contributed by atoms with Crippen molar-refractivity contribution in [2.45, 2.75) is 63.3 Å². The first-order chi connectivity index (χ1) is 13.3. The number of hydrogen-bond donors (Lipinski definition) is 6. The Morgan fingerprint density at radius 2 is 1.50 bits per heavy atom. The van der Waals surface area contributed by atoms with E-state index in [1.165, 1.54) is 10.1 Å². The van der Waals surface area contributed by atoms with Crippen molar-refractivity contribution in [3.05, 3.63) is 0 Å². The summed E-state index contributed by atoms with van der Waals surface area (Å²) in [6.07, 6.45) is 3.74. The summed E-state index contributed by atoms with van der Waals surface area (Å²) < 4.78 is 0. The van der Waals surface area contributed by atoms with E-state index in [9.17, 15) is 34.8 Å². The number of nitrogens with one attached hydrogen (secondary N) is 2. The van der Waals surface area contributed by atoms with Crippen LogP contribution in [0, 0.1) is 0 Å². The minimum Gasteiger partial charge on any atom is -0.481 e. The van der Waals surface area contributed by atoms with Gasteiger partial charge in [-0.1, -0.05) is 25.7 Å². The first kappa shape index (κ1) is 24.2. The van der Waals surface area contributed by atoms with Crippen LogP contribution in [0.1, 0.15) is 57.8 Å². The topological polar surface area (TPSA) is 163 Å². The van der Waals surface area contributed by atoms with E-state index in [1.807, 2.05) is 0 Å². The molecule has 0 atom stereocenters. The maximum Gasteiger partial charge on any atom is 0.319 e. The summed E-state index contributed by atoms with van der Waals surface area (Å²) >= 11 is 0. The Labute approximate surface area is 164 Å². The Morgan fingerprint density at radius 3 is 2.07 bits per heavy atom. The Bertz CT molecular complexity index is 502. The van der Waals surface area contributed by atoms with E-state index in [2.05, 4.69) is 11.0 Å². The Morgan fingerprint density at radius 1 is 0.893 bits per heavy atom. The fourth-order valence-corrected chi connectivity index (χ4v) is 3.55. The molecule has 0 bridgehead atoms. The number of hydrazine groups is 3. The third-order valence-electron chi connectivity index (χ3n) is 4.76. The number of hydrogen-bond acceptors (Lipinski definition) is 8. The van der Waals surface area contributed by atoms with Crippen molar-refractivity contribution >= 4 is 17.9 Å². The zero-order valence-corrected chi connectivity index (χ0v) is 16.1. The highest BCUT2D eigenvalue weighted by molar-refractivity contribution is 5.74. The number of aliphatic hydroxyl groups excluding tert-OH is 1. The normalized spacial score (nSPS) is 20.0. The van der Waals surface area contributed by atoms with Crippen molar-refractivity contribution in [3.63, 3.8) is 0 Å². The molecule has 0 aromatic rings. The average molecular weight is 404 g/mol. The Balaban J connectivity index is 3.35. The van der Waals surface area contributed by atoms with Gasteiger partial charge in [-0.2, -0.15) is 10.7 Å². The summed E-state index contributed by atoms with van der Waals surface area (Å²) in [6, 6.07) is 0. The lowest BCUT2D eigenvalue weighted by molar-refractivity contribution is -0.187. The molecule has 0 radical (unpaired) electrons. The van der Waals surface area contributed by atoms with E-state index in [1.54, 1.807) is 0 Å². The lowest BCUT2D eigenvalue weighted by atomic mass is 9.84. The molecule has 1 heterocycles. The van der Waals surface area contributed by atoms with Gasteiger partial charge in [0.2, 0.25) is 0 Å². The van der Waals surface area contributed by atoms with Crippen LogP contribution in [-0.4, -0.2) is 80.2 Å². The highest BCUT2D eigenvalue weighted by Crippen LogP contribution is 2.32. The van der Waals surface area contributed by atoms with E-state index >= 15 is 0 Å². The number of nitrogens with zero attached hydrogens (tertiary/aromatic N) is 2. The predicted octanol–water partition coefficient (Wildman–Crippen LogP) is 0.0240. The fourth-order valence-electron chi connectivity index (χ4n) is 3.55. The number of aliphatic hydroxyl groups is 1. The lowest BCUT2D eigenvalue weighted by Gasteiger charge is -2.47. The molecule has 11 nitrogen and oxygen atoms in total. The lowest BCUT2D eigenvalue weighted by Crippen LogP contribution is -2.66. The molecule has 6 N–H and O–H groups in total. The maximum absolute atomic E-state index is 11.6. The first-order valence-electron chi connectivity index (χ1n) is 9.60. The van der Waals surface area contributed by atoms with Crippen molar-refractivity contribution in [2.75, 3.05) is 26.2 Å². The smallest absolute Gasteiger partial charge is 0.319 e. The van der Waals surface area contributed by atoms with Gasteiger partial charge in [0.1, 0.15) is 6.54 Å². The van der Waals surface area contributed by atoms with Gasteiger partial charge in [-0.15, -0.1) is 0 Å². The zero-order chi connectivity index (χ0) is 21.0. The van der Waals surface area contributed by atoms with Crippen LogP contribution >= 0.6 is 0 Å². The summed E-state index contributed by atoms with van der Waals surface area (Å²) in [6.45, 7) is 0.0732. The van der Waals surface area contributed by atoms with Gasteiger partial charge in [0, 0.05) is 19.7 Å². The summed E-state index contributed by atoms with van der Waals surface area (Å²) in [5, 5.41) is 40.3. The van der Waals surface area contributed by atoms with Crippen molar-refractivity contribution in [2.24, 2.45) is 0 Å². The van der Waals surface area contributed by atoms with Crippen LogP contribution in [0.4, 0.5) is 0 Å². The van der Waals surface area contributed by atoms with Gasteiger partial charge in [-0.3, -0.25) is 14.4 Å². The van der Waals surface area contributed by atoms with E-state index in [4.69, 9.17) is 0 Å². The van der Waals surface area contributed by atoms with Crippen molar-refractivity contribution in [1.82, 2.24) is 21.1 Å². The second-order valence-corrected chi connectivity index (χ2v) is 7.07. The largest absolute Gasteiger partial charge is 0.481 e. The van der Waals surface area contributed by atoms with Crippen LogP contribution in [-0.2, 0) is 14.4 Å². The number of aliphatic carboxylic acids is 3. The maximum atomic E-state index is 11.6. The minimum atomic E-state index is -1.42. The quantitative estimate of drug-likeness (QED) is 0.307. The number of carbonyl (C=O) groups is 3. The average Bonchev–Trinajstić information content (AvgIpc) is 2.58. The zero-order valence-electron chi connectivity index (χ0n) is 16.1. The first-order valence-corrected chi connectivity index (χ1v) is 9.60. The monoisotopic (exact) mass is 404 g/mol. The van der Waals surface area contributed by atoms with Crippen molar-refractivity contribution < 1.29 is 34.8 Å². The molecule has 0 spiro atoms. The molecule has 1 aliphatic heterocycles. The summed E-state index contributed by atoms with van der Waals surface area (Å²) in [5.41, 5.74) is 4.44. The van der Waals surface area contributed by atoms with Crippen LogP contribution in [0.25, 0.3) is 0 Å². The number of rotatable bonds is 9. The summed E-state index contributed by atoms with van der Waals surface area (Å²) in [4.78, 5) is 34.8. The summed E-state index contributed by atoms with van der Waals surface area (Å²) in [7, 11) is 0. The molecule has 1 rings (SSSR count). The molecule has 0 aromatic heterocycles. The van der Waals surface area contributed by atoms with E-state index in [-0.39, 0.29) is 19.6 Å². The van der Waals surface area contributed by atoms with Gasteiger partial charge in [0.25, 0.3) is 0 Å². The molecule has 0 unspecified atom stereocenters. The van der Waals surface area contributed by atoms with Gasteiger partial charge in [-0.25, -0.2) is 10.4 Å². The Kier molecular flexibility index (Phi) is 10.9. The molecule has 0 aromatic carbocycles. The molecule has 0 amide bonds. The fraction of sp³-hybridized carbons (Fsp3) is 0.824. The third-order valence-corrected chi connectivity index (χ3v) is 4.76. The van der Waals surface area contributed by atoms with Gasteiger partial charge in [0.05, 0.1) is 18.4 Å². The molecule has 28 heavy (non-hydrogen) atoms. The number of carboxylic acid groups (broad SMARTS) is 3. The van der Waals surface area contributed by atoms with Crippen LogP contribution in [0.5, 0.6) is 0 Å². The van der Waals surface area contributed by atoms with E-state index < -0.39 is 42.8 Å². The Hall–Kier alpha value is -1.79. The van der Waals surface area contributed by atoms with E-state index in [0.717, 1.165) is 25.7 Å². The van der Waals surface area contributed by atoms with Crippen LogP contribution < -0.4 is 11.0 Å².